The van der Waals surface area contributed by atoms with Crippen LogP contribution in [0.15, 0.2) is 46.3 Å². The van der Waals surface area contributed by atoms with Gasteiger partial charge >= 0.3 is 0 Å². The van der Waals surface area contributed by atoms with Gasteiger partial charge in [0, 0.05) is 35.1 Å². The summed E-state index contributed by atoms with van der Waals surface area (Å²) in [7, 11) is 0. The fraction of sp³-hybridized carbons (Fsp3) is 0.421. The summed E-state index contributed by atoms with van der Waals surface area (Å²) >= 11 is 1.51. The molecular weight excluding hydrogens is 350 g/mol. The van der Waals surface area contributed by atoms with Crippen molar-refractivity contribution in [3.8, 4) is 5.75 Å². The van der Waals surface area contributed by atoms with E-state index in [-0.39, 0.29) is 17.6 Å². The molecule has 2 aliphatic rings. The molecule has 1 saturated heterocycles. The van der Waals surface area contributed by atoms with Gasteiger partial charge in [-0.1, -0.05) is 0 Å². The van der Waals surface area contributed by atoms with Gasteiger partial charge in [0.25, 0.3) is 5.56 Å². The number of likely N-dealkylation sites (tertiary alicyclic amines) is 1. The van der Waals surface area contributed by atoms with Crippen molar-refractivity contribution in [2.75, 3.05) is 18.8 Å². The highest BCUT2D eigenvalue weighted by molar-refractivity contribution is 8.00. The van der Waals surface area contributed by atoms with Crippen molar-refractivity contribution in [2.45, 2.75) is 36.8 Å². The van der Waals surface area contributed by atoms with E-state index in [4.69, 9.17) is 4.74 Å². The van der Waals surface area contributed by atoms with Gasteiger partial charge in [0.2, 0.25) is 5.91 Å². The van der Waals surface area contributed by atoms with Gasteiger partial charge in [0.15, 0.2) is 0 Å². The zero-order valence-corrected chi connectivity index (χ0v) is 15.4. The SMILES string of the molecule is Cc1cc(OC2CN(C(=O)CSc3ccncc3)C2)cc(=O)n1C1CC1. The van der Waals surface area contributed by atoms with E-state index in [1.165, 1.54) is 11.8 Å². The van der Waals surface area contributed by atoms with Gasteiger partial charge in [0.1, 0.15) is 11.9 Å². The first kappa shape index (κ1) is 17.1. The molecule has 1 aliphatic carbocycles. The Morgan fingerprint density at radius 1 is 1.27 bits per heavy atom. The number of rotatable bonds is 6. The van der Waals surface area contributed by atoms with Crippen LogP contribution in [0.4, 0.5) is 0 Å². The third-order valence-electron chi connectivity index (χ3n) is 4.66. The van der Waals surface area contributed by atoms with Crippen molar-refractivity contribution in [2.24, 2.45) is 0 Å². The molecule has 2 fully saturated rings. The second kappa shape index (κ2) is 7.15. The lowest BCUT2D eigenvalue weighted by molar-refractivity contribution is -0.137. The number of carbonyl (C=O) groups is 1. The van der Waals surface area contributed by atoms with Crippen molar-refractivity contribution in [3.63, 3.8) is 0 Å². The number of amides is 1. The van der Waals surface area contributed by atoms with E-state index in [1.54, 1.807) is 23.4 Å². The second-order valence-corrected chi connectivity index (χ2v) is 7.83. The van der Waals surface area contributed by atoms with Gasteiger partial charge in [-0.3, -0.25) is 14.6 Å². The Labute approximate surface area is 156 Å². The molecule has 0 bridgehead atoms. The lowest BCUT2D eigenvalue weighted by Gasteiger charge is -2.39. The first-order chi connectivity index (χ1) is 12.6. The van der Waals surface area contributed by atoms with Crippen molar-refractivity contribution >= 4 is 17.7 Å². The maximum absolute atomic E-state index is 12.2. The lowest BCUT2D eigenvalue weighted by Crippen LogP contribution is -2.56. The zero-order chi connectivity index (χ0) is 18.1. The number of ether oxygens (including phenoxy) is 1. The van der Waals surface area contributed by atoms with Gasteiger partial charge in [0.05, 0.1) is 18.8 Å². The van der Waals surface area contributed by atoms with Gasteiger partial charge in [-0.05, 0) is 38.0 Å². The summed E-state index contributed by atoms with van der Waals surface area (Å²) in [6.07, 6.45) is 5.56. The Bertz CT molecular complexity index is 858. The Balaban J connectivity index is 1.27. The van der Waals surface area contributed by atoms with Crippen LogP contribution in [0.3, 0.4) is 0 Å². The topological polar surface area (TPSA) is 64.4 Å². The molecule has 136 valence electrons. The number of hydrogen-bond donors (Lipinski definition) is 0. The number of aryl methyl sites for hydroxylation is 1. The molecule has 0 spiro atoms. The third-order valence-corrected chi connectivity index (χ3v) is 5.66. The van der Waals surface area contributed by atoms with Crippen LogP contribution >= 0.6 is 11.8 Å². The van der Waals surface area contributed by atoms with E-state index in [2.05, 4.69) is 4.98 Å². The molecule has 26 heavy (non-hydrogen) atoms. The van der Waals surface area contributed by atoms with Crippen LogP contribution in [-0.2, 0) is 4.79 Å². The highest BCUT2D eigenvalue weighted by Gasteiger charge is 2.32. The molecule has 2 aromatic rings. The number of carbonyl (C=O) groups excluding carboxylic acids is 1. The van der Waals surface area contributed by atoms with Crippen molar-refractivity contribution in [3.05, 3.63) is 52.7 Å². The monoisotopic (exact) mass is 371 g/mol. The number of hydrogen-bond acceptors (Lipinski definition) is 5. The number of aromatic nitrogens is 2. The molecule has 1 aliphatic heterocycles. The molecule has 3 heterocycles. The first-order valence-corrected chi connectivity index (χ1v) is 9.79. The predicted octanol–water partition coefficient (Wildman–Crippen LogP) is 2.27. The standard InChI is InChI=1S/C19H21N3O3S/c1-13-8-15(9-18(23)22(13)14-2-3-14)25-16-10-21(11-16)19(24)12-26-17-4-6-20-7-5-17/h4-9,14,16H,2-3,10-12H2,1H3. The van der Waals surface area contributed by atoms with E-state index in [0.717, 1.165) is 23.4 Å². The molecule has 2 aromatic heterocycles. The van der Waals surface area contributed by atoms with Crippen molar-refractivity contribution in [1.82, 2.24) is 14.5 Å². The van der Waals surface area contributed by atoms with Gasteiger partial charge < -0.3 is 14.2 Å². The minimum absolute atomic E-state index is 0.00325. The van der Waals surface area contributed by atoms with E-state index in [1.807, 2.05) is 29.7 Å². The Kier molecular flexibility index (Phi) is 4.72. The highest BCUT2D eigenvalue weighted by atomic mass is 32.2. The van der Waals surface area contributed by atoms with Crippen LogP contribution < -0.4 is 10.3 Å². The quantitative estimate of drug-likeness (QED) is 0.729. The summed E-state index contributed by atoms with van der Waals surface area (Å²) in [4.78, 5) is 31.2. The van der Waals surface area contributed by atoms with Gasteiger partial charge in [-0.2, -0.15) is 0 Å². The fourth-order valence-corrected chi connectivity index (χ4v) is 3.92. The van der Waals surface area contributed by atoms with Crippen LogP contribution in [0, 0.1) is 6.92 Å². The van der Waals surface area contributed by atoms with Gasteiger partial charge in [-0.25, -0.2) is 0 Å². The fourth-order valence-electron chi connectivity index (χ4n) is 3.13. The van der Waals surface area contributed by atoms with Crippen LogP contribution in [0.1, 0.15) is 24.6 Å². The maximum Gasteiger partial charge on any atom is 0.254 e. The number of nitrogens with zero attached hydrogens (tertiary/aromatic N) is 3. The van der Waals surface area contributed by atoms with E-state index < -0.39 is 0 Å². The minimum atomic E-state index is -0.0412. The summed E-state index contributed by atoms with van der Waals surface area (Å²) in [6, 6.07) is 7.64. The average molecular weight is 371 g/mol. The molecule has 0 aromatic carbocycles. The molecule has 6 nitrogen and oxygen atoms in total. The first-order valence-electron chi connectivity index (χ1n) is 8.80. The molecule has 1 amide bonds. The largest absolute Gasteiger partial charge is 0.486 e. The lowest BCUT2D eigenvalue weighted by atomic mass is 10.1. The Hall–Kier alpha value is -2.28. The normalized spacial score (nSPS) is 17.0. The van der Waals surface area contributed by atoms with Crippen LogP contribution in [0.25, 0.3) is 0 Å². The van der Waals surface area contributed by atoms with Gasteiger partial charge in [-0.15, -0.1) is 11.8 Å². The summed E-state index contributed by atoms with van der Waals surface area (Å²) < 4.78 is 7.74. The molecule has 0 unspecified atom stereocenters. The van der Waals surface area contributed by atoms with Crippen LogP contribution in [0.5, 0.6) is 5.75 Å². The highest BCUT2D eigenvalue weighted by Crippen LogP contribution is 2.35. The van der Waals surface area contributed by atoms with Crippen LogP contribution in [-0.4, -0.2) is 45.3 Å². The summed E-state index contributed by atoms with van der Waals surface area (Å²) in [5.41, 5.74) is 0.944. The smallest absolute Gasteiger partial charge is 0.254 e. The van der Waals surface area contributed by atoms with Crippen molar-refractivity contribution < 1.29 is 9.53 Å². The van der Waals surface area contributed by atoms with Crippen LogP contribution in [0.2, 0.25) is 0 Å². The summed E-state index contributed by atoms with van der Waals surface area (Å²) in [6.45, 7) is 3.08. The molecule has 0 radical (unpaired) electrons. The molecule has 7 heteroatoms. The molecule has 1 saturated carbocycles. The second-order valence-electron chi connectivity index (χ2n) is 6.78. The minimum Gasteiger partial charge on any atom is -0.486 e. The molecule has 0 N–H and O–H groups in total. The van der Waals surface area contributed by atoms with E-state index >= 15 is 0 Å². The maximum atomic E-state index is 12.2. The van der Waals surface area contributed by atoms with E-state index in [0.29, 0.717) is 30.6 Å². The van der Waals surface area contributed by atoms with Crippen molar-refractivity contribution in [1.29, 1.82) is 0 Å². The number of thioether (sulfide) groups is 1. The third kappa shape index (κ3) is 3.77. The Morgan fingerprint density at radius 2 is 2.00 bits per heavy atom. The average Bonchev–Trinajstić information content (AvgIpc) is 3.41. The number of pyridine rings is 2. The Morgan fingerprint density at radius 3 is 2.65 bits per heavy atom. The molecule has 4 rings (SSSR count). The molecule has 0 atom stereocenters. The summed E-state index contributed by atoms with van der Waals surface area (Å²) in [5, 5.41) is 0. The van der Waals surface area contributed by atoms with E-state index in [9.17, 15) is 9.59 Å². The zero-order valence-electron chi connectivity index (χ0n) is 14.6. The summed E-state index contributed by atoms with van der Waals surface area (Å²) in [5.74, 6) is 1.12. The molecular formula is C19H21N3O3S. The predicted molar refractivity (Wildman–Crippen MR) is 99.7 cm³/mol.